The number of hydrogen-bond donors (Lipinski definition) is 1. The van der Waals surface area contributed by atoms with Crippen LogP contribution in [0, 0.1) is 0 Å². The van der Waals surface area contributed by atoms with E-state index in [1.807, 2.05) is 23.1 Å². The number of rotatable bonds is 8. The topological polar surface area (TPSA) is 60.0 Å². The molecule has 1 aliphatic heterocycles. The van der Waals surface area contributed by atoms with Gasteiger partial charge in [0.05, 0.1) is 26.4 Å². The van der Waals surface area contributed by atoms with Gasteiger partial charge >= 0.3 is 6.03 Å². The largest absolute Gasteiger partial charge is 0.497 e. The maximum atomic E-state index is 12.7. The summed E-state index contributed by atoms with van der Waals surface area (Å²) in [6.45, 7) is 2.14. The maximum Gasteiger partial charge on any atom is 0.317 e. The van der Waals surface area contributed by atoms with Crippen molar-refractivity contribution in [1.29, 1.82) is 0 Å². The summed E-state index contributed by atoms with van der Waals surface area (Å²) in [4.78, 5) is 14.6. The average Bonchev–Trinajstić information content (AvgIpc) is 3.23. The van der Waals surface area contributed by atoms with E-state index >= 15 is 0 Å². The summed E-state index contributed by atoms with van der Waals surface area (Å²) in [5.41, 5.74) is 1.04. The van der Waals surface area contributed by atoms with E-state index in [9.17, 15) is 4.79 Å². The lowest BCUT2D eigenvalue weighted by molar-refractivity contribution is 0.0274. The lowest BCUT2D eigenvalue weighted by atomic mass is 9.98. The van der Waals surface area contributed by atoms with E-state index in [2.05, 4.69) is 5.32 Å². The number of hydrogen-bond acceptors (Lipinski definition) is 4. The van der Waals surface area contributed by atoms with Crippen molar-refractivity contribution in [2.75, 3.05) is 33.9 Å². The Morgan fingerprint density at radius 1 is 1.11 bits per heavy atom. The molecule has 2 aliphatic rings. The molecule has 0 aromatic heterocycles. The number of benzene rings is 1. The van der Waals surface area contributed by atoms with E-state index in [0.717, 1.165) is 49.5 Å². The molecule has 2 amide bonds. The normalized spacial score (nSPS) is 20.2. The zero-order valence-electron chi connectivity index (χ0n) is 17.2. The molecule has 28 heavy (non-hydrogen) atoms. The van der Waals surface area contributed by atoms with Gasteiger partial charge in [-0.2, -0.15) is 0 Å². The van der Waals surface area contributed by atoms with Gasteiger partial charge in [-0.1, -0.05) is 19.3 Å². The molecule has 1 aromatic carbocycles. The van der Waals surface area contributed by atoms with Crippen LogP contribution in [0.1, 0.15) is 63.0 Å². The fraction of sp³-hybridized carbons (Fsp3) is 0.682. The van der Waals surface area contributed by atoms with Gasteiger partial charge in [-0.05, 0) is 44.2 Å². The Morgan fingerprint density at radius 2 is 1.93 bits per heavy atom. The van der Waals surface area contributed by atoms with Crippen molar-refractivity contribution in [3.05, 3.63) is 23.8 Å². The quantitative estimate of drug-likeness (QED) is 0.673. The molecule has 0 bridgehead atoms. The number of nitrogens with zero attached hydrogens (tertiary/aromatic N) is 1. The molecule has 1 N–H and O–H groups in total. The second-order valence-electron chi connectivity index (χ2n) is 7.68. The Bertz CT molecular complexity index is 631. The molecule has 1 unspecified atom stereocenters. The average molecular weight is 391 g/mol. The summed E-state index contributed by atoms with van der Waals surface area (Å²) in [5, 5.41) is 3.06. The van der Waals surface area contributed by atoms with E-state index in [-0.39, 0.29) is 12.1 Å². The van der Waals surface area contributed by atoms with Crippen LogP contribution >= 0.6 is 0 Å². The Hall–Kier alpha value is -1.95. The third-order valence-electron chi connectivity index (χ3n) is 5.82. The van der Waals surface area contributed by atoms with Crippen molar-refractivity contribution in [2.45, 2.75) is 63.5 Å². The fourth-order valence-electron chi connectivity index (χ4n) is 4.28. The Labute approximate surface area is 168 Å². The van der Waals surface area contributed by atoms with Gasteiger partial charge in [0.25, 0.3) is 0 Å². The maximum absolute atomic E-state index is 12.7. The van der Waals surface area contributed by atoms with Crippen molar-refractivity contribution < 1.29 is 19.0 Å². The Balaban J connectivity index is 1.48. The molecule has 1 aliphatic carbocycles. The van der Waals surface area contributed by atoms with Gasteiger partial charge < -0.3 is 24.4 Å². The lowest BCUT2D eigenvalue weighted by Gasteiger charge is -2.27. The number of likely N-dealkylation sites (tertiary alicyclic amines) is 1. The molecular formula is C22H34N2O4. The van der Waals surface area contributed by atoms with Crippen LogP contribution in [0.5, 0.6) is 11.5 Å². The second kappa shape index (κ2) is 10.6. The molecular weight excluding hydrogens is 356 g/mol. The van der Waals surface area contributed by atoms with Gasteiger partial charge in [0.2, 0.25) is 0 Å². The summed E-state index contributed by atoms with van der Waals surface area (Å²) in [5.74, 6) is 1.53. The van der Waals surface area contributed by atoms with Crippen LogP contribution < -0.4 is 14.8 Å². The minimum Gasteiger partial charge on any atom is -0.497 e. The van der Waals surface area contributed by atoms with Crippen LogP contribution in [-0.4, -0.2) is 51.0 Å². The van der Waals surface area contributed by atoms with E-state index in [1.165, 1.54) is 32.1 Å². The van der Waals surface area contributed by atoms with Crippen LogP contribution in [0.4, 0.5) is 4.79 Å². The van der Waals surface area contributed by atoms with Gasteiger partial charge in [0, 0.05) is 31.3 Å². The van der Waals surface area contributed by atoms with Crippen molar-refractivity contribution in [3.8, 4) is 11.5 Å². The number of carbonyl (C=O) groups excluding carboxylic acids is 1. The SMILES string of the molecule is COc1ccc(C2CCCN2C(=O)NCCCOC2CCCCC2)c(OC)c1. The number of amides is 2. The predicted molar refractivity (Wildman–Crippen MR) is 109 cm³/mol. The smallest absolute Gasteiger partial charge is 0.317 e. The third-order valence-corrected chi connectivity index (χ3v) is 5.82. The highest BCUT2D eigenvalue weighted by atomic mass is 16.5. The summed E-state index contributed by atoms with van der Waals surface area (Å²) < 4.78 is 16.8. The Kier molecular flexibility index (Phi) is 7.83. The standard InChI is InChI=1S/C22H34N2O4/c1-26-18-11-12-19(21(16-18)27-2)20-10-6-14-24(20)22(25)23-13-7-15-28-17-8-4-3-5-9-17/h11-12,16-17,20H,3-10,13-15H2,1-2H3,(H,23,25). The van der Waals surface area contributed by atoms with Crippen LogP contribution in [-0.2, 0) is 4.74 Å². The molecule has 2 fully saturated rings. The van der Waals surface area contributed by atoms with Crippen LogP contribution in [0.2, 0.25) is 0 Å². The van der Waals surface area contributed by atoms with Crippen molar-refractivity contribution >= 4 is 6.03 Å². The molecule has 6 nitrogen and oxygen atoms in total. The molecule has 0 spiro atoms. The summed E-state index contributed by atoms with van der Waals surface area (Å²) in [6.07, 6.45) is 9.50. The first-order valence-corrected chi connectivity index (χ1v) is 10.6. The van der Waals surface area contributed by atoms with Crippen LogP contribution in [0.3, 0.4) is 0 Å². The zero-order chi connectivity index (χ0) is 19.8. The molecule has 1 atom stereocenters. The van der Waals surface area contributed by atoms with Crippen molar-refractivity contribution in [2.24, 2.45) is 0 Å². The van der Waals surface area contributed by atoms with Gasteiger partial charge in [-0.15, -0.1) is 0 Å². The minimum absolute atomic E-state index is 0.00182. The first kappa shape index (κ1) is 20.8. The molecule has 1 saturated heterocycles. The van der Waals surface area contributed by atoms with Crippen molar-refractivity contribution in [3.63, 3.8) is 0 Å². The molecule has 6 heteroatoms. The number of ether oxygens (including phenoxy) is 3. The fourth-order valence-corrected chi connectivity index (χ4v) is 4.28. The first-order valence-electron chi connectivity index (χ1n) is 10.6. The second-order valence-corrected chi connectivity index (χ2v) is 7.68. The summed E-state index contributed by atoms with van der Waals surface area (Å²) >= 11 is 0. The molecule has 156 valence electrons. The number of urea groups is 1. The van der Waals surface area contributed by atoms with E-state index in [0.29, 0.717) is 12.6 Å². The monoisotopic (exact) mass is 390 g/mol. The number of methoxy groups -OCH3 is 2. The first-order chi connectivity index (χ1) is 13.7. The summed E-state index contributed by atoms with van der Waals surface area (Å²) in [7, 11) is 3.30. The molecule has 1 aromatic rings. The van der Waals surface area contributed by atoms with Crippen LogP contribution in [0.25, 0.3) is 0 Å². The van der Waals surface area contributed by atoms with Crippen LogP contribution in [0.15, 0.2) is 18.2 Å². The van der Waals surface area contributed by atoms with Gasteiger partial charge in [0.15, 0.2) is 0 Å². The number of carbonyl (C=O) groups is 1. The highest BCUT2D eigenvalue weighted by Gasteiger charge is 2.31. The lowest BCUT2D eigenvalue weighted by Crippen LogP contribution is -2.40. The van der Waals surface area contributed by atoms with E-state index in [1.54, 1.807) is 14.2 Å². The highest BCUT2D eigenvalue weighted by molar-refractivity contribution is 5.75. The van der Waals surface area contributed by atoms with E-state index < -0.39 is 0 Å². The predicted octanol–water partition coefficient (Wildman–Crippen LogP) is 4.29. The van der Waals surface area contributed by atoms with Gasteiger partial charge in [0.1, 0.15) is 11.5 Å². The number of nitrogens with one attached hydrogen (secondary N) is 1. The zero-order valence-corrected chi connectivity index (χ0v) is 17.2. The molecule has 3 rings (SSSR count). The third kappa shape index (κ3) is 5.31. The minimum atomic E-state index is -0.00182. The Morgan fingerprint density at radius 3 is 2.68 bits per heavy atom. The van der Waals surface area contributed by atoms with Gasteiger partial charge in [-0.25, -0.2) is 4.79 Å². The van der Waals surface area contributed by atoms with Gasteiger partial charge in [-0.3, -0.25) is 0 Å². The van der Waals surface area contributed by atoms with Crippen molar-refractivity contribution in [1.82, 2.24) is 10.2 Å². The van der Waals surface area contributed by atoms with E-state index in [4.69, 9.17) is 14.2 Å². The molecule has 0 radical (unpaired) electrons. The molecule has 1 heterocycles. The summed E-state index contributed by atoms with van der Waals surface area (Å²) in [6, 6.07) is 5.85. The molecule has 1 saturated carbocycles. The highest BCUT2D eigenvalue weighted by Crippen LogP contribution is 2.38.